The van der Waals surface area contributed by atoms with E-state index in [4.69, 9.17) is 15.2 Å². The van der Waals surface area contributed by atoms with Gasteiger partial charge in [-0.05, 0) is 38.2 Å². The van der Waals surface area contributed by atoms with E-state index in [1.54, 1.807) is 21.6 Å². The van der Waals surface area contributed by atoms with Gasteiger partial charge in [0.05, 0.1) is 6.04 Å². The predicted octanol–water partition coefficient (Wildman–Crippen LogP) is 4.13. The molecule has 2 fully saturated rings. The Labute approximate surface area is 251 Å². The molecule has 0 radical (unpaired) electrons. The van der Waals surface area contributed by atoms with Crippen molar-refractivity contribution in [2.24, 2.45) is 5.73 Å². The molecular weight excluding hydrogens is 577 g/mol. The second-order valence-electron chi connectivity index (χ2n) is 11.8. The van der Waals surface area contributed by atoms with E-state index in [-0.39, 0.29) is 48.3 Å². The summed E-state index contributed by atoms with van der Waals surface area (Å²) in [5, 5.41) is 0. The van der Waals surface area contributed by atoms with E-state index in [1.807, 2.05) is 30.0 Å². The summed E-state index contributed by atoms with van der Waals surface area (Å²) in [5.41, 5.74) is 4.11. The van der Waals surface area contributed by atoms with Crippen LogP contribution in [0.3, 0.4) is 0 Å². The highest BCUT2D eigenvalue weighted by atomic mass is 19.1. The number of aromatic nitrogens is 1. The maximum atomic E-state index is 15.0. The fourth-order valence-corrected chi connectivity index (χ4v) is 7.17. The molecule has 44 heavy (non-hydrogen) atoms. The number of rotatable bonds is 7. The lowest BCUT2D eigenvalue weighted by atomic mass is 9.81. The minimum atomic E-state index is -1.02. The van der Waals surface area contributed by atoms with E-state index in [1.165, 1.54) is 13.3 Å². The zero-order chi connectivity index (χ0) is 31.3. The van der Waals surface area contributed by atoms with Crippen LogP contribution in [0.15, 0.2) is 53.5 Å². The minimum Gasteiger partial charge on any atom is -0.483 e. The van der Waals surface area contributed by atoms with Crippen LogP contribution in [0.25, 0.3) is 0 Å². The summed E-state index contributed by atoms with van der Waals surface area (Å²) >= 11 is 0. The molecule has 4 atom stereocenters. The van der Waals surface area contributed by atoms with Crippen LogP contribution in [0.1, 0.15) is 70.6 Å². The van der Waals surface area contributed by atoms with Crippen molar-refractivity contribution in [2.75, 3.05) is 13.7 Å². The molecule has 2 N–H and O–H groups in total. The molecule has 2 amide bonds. The molecular formula is C32H33F3N4O5. The first kappa shape index (κ1) is 29.9. The molecule has 3 aromatic rings. The Morgan fingerprint density at radius 3 is 2.41 bits per heavy atom. The number of pyridine rings is 1. The lowest BCUT2D eigenvalue weighted by molar-refractivity contribution is -0.0737. The van der Waals surface area contributed by atoms with Crippen LogP contribution < -0.4 is 15.9 Å². The SMILES string of the molecule is COC1CC[C@]2(CC[C@H](C)N3C[C@H]2n2cc(C(N)=O)c(=O)c(OCc4ccccc4)c2C3=O)N1Cc1c(F)cc(F)cc1F. The van der Waals surface area contributed by atoms with Crippen molar-refractivity contribution < 1.29 is 32.2 Å². The number of amides is 2. The second-order valence-corrected chi connectivity index (χ2v) is 11.8. The van der Waals surface area contributed by atoms with Crippen LogP contribution in [-0.2, 0) is 17.9 Å². The molecule has 0 saturated carbocycles. The number of nitrogens with two attached hydrogens (primary N) is 1. The highest BCUT2D eigenvalue weighted by molar-refractivity contribution is 5.99. The van der Waals surface area contributed by atoms with E-state index in [0.717, 1.165) is 5.56 Å². The Balaban J connectivity index is 1.53. The van der Waals surface area contributed by atoms with Gasteiger partial charge in [-0.15, -0.1) is 0 Å². The molecule has 2 saturated heterocycles. The van der Waals surface area contributed by atoms with Gasteiger partial charge in [0.25, 0.3) is 11.8 Å². The van der Waals surface area contributed by atoms with E-state index < -0.39 is 52.5 Å². The topological polar surface area (TPSA) is 107 Å². The summed E-state index contributed by atoms with van der Waals surface area (Å²) in [7, 11) is 1.51. The van der Waals surface area contributed by atoms with Gasteiger partial charge in [0.1, 0.15) is 35.8 Å². The summed E-state index contributed by atoms with van der Waals surface area (Å²) in [5.74, 6) is -4.73. The first-order valence-corrected chi connectivity index (χ1v) is 14.5. The molecule has 3 aliphatic heterocycles. The van der Waals surface area contributed by atoms with E-state index in [0.29, 0.717) is 37.8 Å². The van der Waals surface area contributed by atoms with Crippen LogP contribution in [0, 0.1) is 17.5 Å². The fourth-order valence-electron chi connectivity index (χ4n) is 7.17. The normalized spacial score (nSPS) is 24.8. The van der Waals surface area contributed by atoms with Gasteiger partial charge in [0, 0.05) is 55.7 Å². The molecule has 3 aliphatic rings. The van der Waals surface area contributed by atoms with Gasteiger partial charge in [-0.2, -0.15) is 0 Å². The number of halogens is 3. The van der Waals surface area contributed by atoms with Crippen molar-refractivity contribution >= 4 is 11.8 Å². The number of carbonyl (C=O) groups is 2. The third-order valence-electron chi connectivity index (χ3n) is 9.45. The number of nitrogens with zero attached hydrogens (tertiary/aromatic N) is 3. The van der Waals surface area contributed by atoms with Gasteiger partial charge in [-0.3, -0.25) is 19.3 Å². The molecule has 2 aromatic carbocycles. The Morgan fingerprint density at radius 2 is 1.75 bits per heavy atom. The molecule has 1 spiro atoms. The number of carbonyl (C=O) groups excluding carboxylic acids is 2. The van der Waals surface area contributed by atoms with Crippen molar-refractivity contribution in [3.05, 3.63) is 98.7 Å². The van der Waals surface area contributed by atoms with Gasteiger partial charge < -0.3 is 24.7 Å². The molecule has 1 unspecified atom stereocenters. The van der Waals surface area contributed by atoms with Crippen LogP contribution in [0.2, 0.25) is 0 Å². The number of methoxy groups -OCH3 is 1. The Morgan fingerprint density at radius 1 is 1.07 bits per heavy atom. The van der Waals surface area contributed by atoms with Gasteiger partial charge in [-0.1, -0.05) is 30.3 Å². The summed E-state index contributed by atoms with van der Waals surface area (Å²) in [6, 6.07) is 9.54. The van der Waals surface area contributed by atoms with Gasteiger partial charge in [-0.25, -0.2) is 13.2 Å². The number of ether oxygens (including phenoxy) is 2. The number of benzene rings is 2. The Kier molecular flexibility index (Phi) is 7.75. The van der Waals surface area contributed by atoms with Gasteiger partial charge in [0.2, 0.25) is 5.43 Å². The number of primary amides is 1. The van der Waals surface area contributed by atoms with Crippen molar-refractivity contribution in [3.63, 3.8) is 0 Å². The third kappa shape index (κ3) is 4.86. The number of fused-ring (bicyclic) bond motifs is 5. The Hall–Kier alpha value is -4.16. The smallest absolute Gasteiger partial charge is 0.274 e. The first-order valence-electron chi connectivity index (χ1n) is 14.5. The van der Waals surface area contributed by atoms with Crippen LogP contribution in [-0.4, -0.2) is 57.6 Å². The minimum absolute atomic E-state index is 0.0136. The molecule has 0 aliphatic carbocycles. The molecule has 9 nitrogen and oxygen atoms in total. The average molecular weight is 611 g/mol. The molecule has 6 rings (SSSR count). The number of hydrogen-bond donors (Lipinski definition) is 1. The lowest BCUT2D eigenvalue weighted by Crippen LogP contribution is -2.57. The number of hydrogen-bond acceptors (Lipinski definition) is 6. The van der Waals surface area contributed by atoms with Crippen molar-refractivity contribution in [1.82, 2.24) is 14.4 Å². The molecule has 2 bridgehead atoms. The zero-order valence-corrected chi connectivity index (χ0v) is 24.4. The van der Waals surface area contributed by atoms with Crippen molar-refractivity contribution in [1.29, 1.82) is 0 Å². The first-order chi connectivity index (χ1) is 21.1. The maximum absolute atomic E-state index is 15.0. The van der Waals surface area contributed by atoms with Crippen LogP contribution >= 0.6 is 0 Å². The quantitative estimate of drug-likeness (QED) is 0.431. The van der Waals surface area contributed by atoms with Gasteiger partial charge >= 0.3 is 0 Å². The van der Waals surface area contributed by atoms with Gasteiger partial charge in [0.15, 0.2) is 11.4 Å². The summed E-state index contributed by atoms with van der Waals surface area (Å²) < 4.78 is 57.2. The summed E-state index contributed by atoms with van der Waals surface area (Å²) in [6.45, 7) is 1.85. The summed E-state index contributed by atoms with van der Waals surface area (Å²) in [6.07, 6.45) is 2.84. The Bertz CT molecular complexity index is 1660. The standard InChI is InChI=1S/C32H33F3N4O5/c1-18-8-10-32(11-9-26(43-2)39(32)15-21-23(34)12-20(33)13-24(21)35)25-16-37(18)31(42)27-29(44-17-19-6-4-3-5-7-19)28(40)22(30(36)41)14-38(25)27/h3-7,12-14,18,25-26H,8-11,15-17H2,1-2H3,(H2,36,41)/t18-,25+,26?,32-/m0/s1. The molecule has 12 heteroatoms. The molecule has 4 heterocycles. The summed E-state index contributed by atoms with van der Waals surface area (Å²) in [4.78, 5) is 43.8. The highest BCUT2D eigenvalue weighted by Crippen LogP contribution is 2.51. The van der Waals surface area contributed by atoms with Crippen LogP contribution in [0.5, 0.6) is 5.75 Å². The van der Waals surface area contributed by atoms with E-state index in [9.17, 15) is 27.6 Å². The van der Waals surface area contributed by atoms with Crippen LogP contribution in [0.4, 0.5) is 13.2 Å². The lowest BCUT2D eigenvalue weighted by Gasteiger charge is -2.48. The van der Waals surface area contributed by atoms with E-state index >= 15 is 0 Å². The third-order valence-corrected chi connectivity index (χ3v) is 9.45. The second kappa shape index (κ2) is 11.4. The predicted molar refractivity (Wildman–Crippen MR) is 153 cm³/mol. The largest absolute Gasteiger partial charge is 0.483 e. The number of likely N-dealkylation sites (tertiary alicyclic amines) is 1. The fraction of sp³-hybridized carbons (Fsp3) is 0.406. The average Bonchev–Trinajstić information content (AvgIpc) is 3.28. The van der Waals surface area contributed by atoms with Crippen molar-refractivity contribution in [3.8, 4) is 5.75 Å². The van der Waals surface area contributed by atoms with E-state index in [2.05, 4.69) is 0 Å². The highest BCUT2D eigenvalue weighted by Gasteiger charge is 2.57. The molecule has 1 aromatic heterocycles. The zero-order valence-electron chi connectivity index (χ0n) is 24.4. The van der Waals surface area contributed by atoms with Crippen molar-refractivity contribution in [2.45, 2.75) is 69.6 Å². The molecule has 232 valence electrons. The maximum Gasteiger partial charge on any atom is 0.274 e. The monoisotopic (exact) mass is 610 g/mol.